The Morgan fingerprint density at radius 3 is 1.72 bits per heavy atom. The van der Waals surface area contributed by atoms with E-state index in [1.807, 2.05) is 0 Å². The molecule has 2 aliphatic carbocycles. The molecule has 6 heteroatoms. The summed E-state index contributed by atoms with van der Waals surface area (Å²) in [6.45, 7) is 4.43. The maximum absolute atomic E-state index is 11.8. The molecule has 0 aromatic carbocycles. The zero-order valence-corrected chi connectivity index (χ0v) is 15.6. The van der Waals surface area contributed by atoms with Gasteiger partial charge in [-0.15, -0.1) is 0 Å². The summed E-state index contributed by atoms with van der Waals surface area (Å²) in [4.78, 5) is 23.6. The van der Waals surface area contributed by atoms with Gasteiger partial charge in [0.25, 0.3) is 0 Å². The SMILES string of the molecule is CC1CCC/C(=N\NC(=O)CCCC(=O)N/N=C2\CCCC(C)C2)C1. The van der Waals surface area contributed by atoms with Crippen LogP contribution in [0.2, 0.25) is 0 Å². The minimum Gasteiger partial charge on any atom is -0.273 e. The van der Waals surface area contributed by atoms with Crippen molar-refractivity contribution in [1.29, 1.82) is 0 Å². The maximum Gasteiger partial charge on any atom is 0.240 e. The van der Waals surface area contributed by atoms with E-state index in [0.29, 0.717) is 31.1 Å². The van der Waals surface area contributed by atoms with Crippen molar-refractivity contribution < 1.29 is 9.59 Å². The summed E-state index contributed by atoms with van der Waals surface area (Å²) < 4.78 is 0. The molecule has 2 rings (SSSR count). The highest BCUT2D eigenvalue weighted by Crippen LogP contribution is 2.21. The van der Waals surface area contributed by atoms with Gasteiger partial charge in [-0.2, -0.15) is 10.2 Å². The van der Waals surface area contributed by atoms with E-state index < -0.39 is 0 Å². The van der Waals surface area contributed by atoms with E-state index in [4.69, 9.17) is 0 Å². The Bertz CT molecular complexity index is 482. The molecule has 0 aromatic heterocycles. The third-order valence-corrected chi connectivity index (χ3v) is 4.98. The number of hydrogen-bond acceptors (Lipinski definition) is 4. The monoisotopic (exact) mass is 348 g/mol. The second kappa shape index (κ2) is 10.3. The second-order valence-corrected chi connectivity index (χ2v) is 7.68. The molecule has 6 nitrogen and oxygen atoms in total. The summed E-state index contributed by atoms with van der Waals surface area (Å²) >= 11 is 0. The Balaban J connectivity index is 1.59. The fourth-order valence-corrected chi connectivity index (χ4v) is 3.53. The third-order valence-electron chi connectivity index (χ3n) is 4.98. The molecule has 0 radical (unpaired) electrons. The first-order valence-electron chi connectivity index (χ1n) is 9.71. The van der Waals surface area contributed by atoms with Gasteiger partial charge < -0.3 is 0 Å². The van der Waals surface area contributed by atoms with Gasteiger partial charge >= 0.3 is 0 Å². The van der Waals surface area contributed by atoms with Gasteiger partial charge in [0.05, 0.1) is 0 Å². The highest BCUT2D eigenvalue weighted by Gasteiger charge is 2.15. The average Bonchev–Trinajstić information content (AvgIpc) is 2.58. The van der Waals surface area contributed by atoms with Crippen LogP contribution in [-0.4, -0.2) is 23.2 Å². The van der Waals surface area contributed by atoms with Gasteiger partial charge in [-0.1, -0.05) is 13.8 Å². The van der Waals surface area contributed by atoms with Gasteiger partial charge in [0.1, 0.15) is 0 Å². The first-order valence-corrected chi connectivity index (χ1v) is 9.71. The molecule has 25 heavy (non-hydrogen) atoms. The summed E-state index contributed by atoms with van der Waals surface area (Å²) in [5, 5.41) is 8.46. The molecule has 2 unspecified atom stereocenters. The van der Waals surface area contributed by atoms with Crippen molar-refractivity contribution in [2.45, 2.75) is 84.5 Å². The number of hydrogen-bond donors (Lipinski definition) is 2. The molecular weight excluding hydrogens is 316 g/mol. The quantitative estimate of drug-likeness (QED) is 0.720. The van der Waals surface area contributed by atoms with E-state index in [-0.39, 0.29) is 11.8 Å². The number of rotatable bonds is 6. The van der Waals surface area contributed by atoms with Crippen molar-refractivity contribution in [3.05, 3.63) is 0 Å². The number of nitrogens with zero attached hydrogens (tertiary/aromatic N) is 2. The van der Waals surface area contributed by atoms with E-state index in [0.717, 1.165) is 49.9 Å². The fraction of sp³-hybridized carbons (Fsp3) is 0.789. The van der Waals surface area contributed by atoms with Gasteiger partial charge in [0.2, 0.25) is 11.8 Å². The van der Waals surface area contributed by atoms with Crippen molar-refractivity contribution >= 4 is 23.2 Å². The summed E-state index contributed by atoms with van der Waals surface area (Å²) in [5.41, 5.74) is 7.42. The van der Waals surface area contributed by atoms with E-state index in [1.54, 1.807) is 0 Å². The number of nitrogens with one attached hydrogen (secondary N) is 2. The van der Waals surface area contributed by atoms with Crippen LogP contribution < -0.4 is 10.9 Å². The summed E-state index contributed by atoms with van der Waals surface area (Å²) in [6.07, 6.45) is 9.83. The predicted octanol–water partition coefficient (Wildman–Crippen LogP) is 3.52. The van der Waals surface area contributed by atoms with Crippen LogP contribution in [0.1, 0.15) is 84.5 Å². The number of hydrazone groups is 2. The molecule has 140 valence electrons. The molecule has 0 spiro atoms. The normalized spacial score (nSPS) is 27.3. The average molecular weight is 348 g/mol. The molecule has 2 amide bonds. The molecule has 0 bridgehead atoms. The Morgan fingerprint density at radius 1 is 0.880 bits per heavy atom. The largest absolute Gasteiger partial charge is 0.273 e. The summed E-state index contributed by atoms with van der Waals surface area (Å²) in [5.74, 6) is 1.07. The van der Waals surface area contributed by atoms with Crippen LogP contribution in [0.15, 0.2) is 10.2 Å². The van der Waals surface area contributed by atoms with Gasteiger partial charge in [0, 0.05) is 24.3 Å². The highest BCUT2D eigenvalue weighted by molar-refractivity contribution is 5.88. The Labute approximate surface area is 150 Å². The molecular formula is C19H32N4O2. The zero-order chi connectivity index (χ0) is 18.1. The Hall–Kier alpha value is -1.72. The minimum atomic E-state index is -0.119. The van der Waals surface area contributed by atoms with E-state index in [1.165, 1.54) is 12.8 Å². The Kier molecular flexibility index (Phi) is 8.09. The second-order valence-electron chi connectivity index (χ2n) is 7.68. The molecule has 2 atom stereocenters. The van der Waals surface area contributed by atoms with Gasteiger partial charge in [-0.3, -0.25) is 9.59 Å². The molecule has 2 N–H and O–H groups in total. The van der Waals surface area contributed by atoms with Gasteiger partial charge in [-0.05, 0) is 69.6 Å². The summed E-state index contributed by atoms with van der Waals surface area (Å²) in [6, 6.07) is 0. The third kappa shape index (κ3) is 7.80. The van der Waals surface area contributed by atoms with Crippen molar-refractivity contribution in [3.8, 4) is 0 Å². The van der Waals surface area contributed by atoms with Crippen LogP contribution >= 0.6 is 0 Å². The lowest BCUT2D eigenvalue weighted by Crippen LogP contribution is -2.24. The van der Waals surface area contributed by atoms with Gasteiger partial charge in [0.15, 0.2) is 0 Å². The van der Waals surface area contributed by atoms with Crippen LogP contribution in [0.25, 0.3) is 0 Å². The smallest absolute Gasteiger partial charge is 0.240 e. The van der Waals surface area contributed by atoms with Crippen LogP contribution in [-0.2, 0) is 9.59 Å². The maximum atomic E-state index is 11.8. The van der Waals surface area contributed by atoms with Crippen LogP contribution in [0.5, 0.6) is 0 Å². The molecule has 0 saturated heterocycles. The highest BCUT2D eigenvalue weighted by atomic mass is 16.2. The zero-order valence-electron chi connectivity index (χ0n) is 15.6. The topological polar surface area (TPSA) is 82.9 Å². The van der Waals surface area contributed by atoms with Crippen molar-refractivity contribution in [2.24, 2.45) is 22.0 Å². The molecule has 0 heterocycles. The lowest BCUT2D eigenvalue weighted by Gasteiger charge is -2.19. The molecule has 2 fully saturated rings. The van der Waals surface area contributed by atoms with Crippen LogP contribution in [0, 0.1) is 11.8 Å². The van der Waals surface area contributed by atoms with Crippen LogP contribution in [0.3, 0.4) is 0 Å². The standard InChI is InChI=1S/C19H32N4O2/c1-14-6-3-8-16(12-14)20-22-18(24)10-5-11-19(25)23-21-17-9-4-7-15(2)13-17/h14-15H,3-13H2,1-2H3,(H,22,24)(H,23,25)/b20-16+,21-17+. The Morgan fingerprint density at radius 2 is 1.32 bits per heavy atom. The number of amides is 2. The summed E-state index contributed by atoms with van der Waals surface area (Å²) in [7, 11) is 0. The van der Waals surface area contributed by atoms with Crippen LogP contribution in [0.4, 0.5) is 0 Å². The van der Waals surface area contributed by atoms with E-state index in [2.05, 4.69) is 34.9 Å². The predicted molar refractivity (Wildman–Crippen MR) is 100 cm³/mol. The molecule has 0 aliphatic heterocycles. The first kappa shape index (κ1) is 19.6. The molecule has 0 aromatic rings. The minimum absolute atomic E-state index is 0.119. The van der Waals surface area contributed by atoms with Crippen molar-refractivity contribution in [3.63, 3.8) is 0 Å². The number of carbonyl (C=O) groups is 2. The fourth-order valence-electron chi connectivity index (χ4n) is 3.53. The lowest BCUT2D eigenvalue weighted by atomic mass is 9.89. The lowest BCUT2D eigenvalue weighted by molar-refractivity contribution is -0.122. The van der Waals surface area contributed by atoms with Crippen molar-refractivity contribution in [2.75, 3.05) is 0 Å². The van der Waals surface area contributed by atoms with E-state index >= 15 is 0 Å². The number of carbonyl (C=O) groups excluding carboxylic acids is 2. The van der Waals surface area contributed by atoms with Crippen molar-refractivity contribution in [1.82, 2.24) is 10.9 Å². The molecule has 2 aliphatic rings. The van der Waals surface area contributed by atoms with E-state index in [9.17, 15) is 9.59 Å². The van der Waals surface area contributed by atoms with Gasteiger partial charge in [-0.25, -0.2) is 10.9 Å². The molecule has 2 saturated carbocycles. The first-order chi connectivity index (χ1) is 12.0.